The molecule has 0 amide bonds. The zero-order valence-electron chi connectivity index (χ0n) is 16.1. The Balaban J connectivity index is 1.38. The Kier molecular flexibility index (Phi) is 4.53. The highest BCUT2D eigenvalue weighted by molar-refractivity contribution is 6.12. The van der Waals surface area contributed by atoms with Crippen LogP contribution in [0.15, 0.2) is 45.9 Å². The van der Waals surface area contributed by atoms with Gasteiger partial charge in [0.1, 0.15) is 12.0 Å². The van der Waals surface area contributed by atoms with Crippen LogP contribution in [0.5, 0.6) is 0 Å². The molecule has 1 aromatic rings. The first-order valence-electron chi connectivity index (χ1n) is 10.6. The molecule has 5 heteroatoms. The van der Waals surface area contributed by atoms with Crippen LogP contribution in [0.25, 0.3) is 0 Å². The van der Waals surface area contributed by atoms with Gasteiger partial charge in [-0.2, -0.15) is 0 Å². The predicted octanol–water partition coefficient (Wildman–Crippen LogP) is 4.77. The molecule has 3 aliphatic carbocycles. The number of carboxylic acid groups (broad SMARTS) is 1. The molecule has 0 radical (unpaired) electrons. The zero-order chi connectivity index (χ0) is 19.1. The van der Waals surface area contributed by atoms with Crippen LogP contribution < -0.4 is 5.32 Å². The number of nitrogens with one attached hydrogen (secondary N) is 1. The fraction of sp³-hybridized carbons (Fsp3) is 0.522. The predicted molar refractivity (Wildman–Crippen MR) is 111 cm³/mol. The second-order valence-corrected chi connectivity index (χ2v) is 8.53. The van der Waals surface area contributed by atoms with E-state index in [1.54, 1.807) is 0 Å². The minimum Gasteiger partial charge on any atom is -0.481 e. The molecule has 1 aliphatic heterocycles. The van der Waals surface area contributed by atoms with Crippen molar-refractivity contribution in [3.05, 3.63) is 41.5 Å². The van der Waals surface area contributed by atoms with Crippen LogP contribution in [0.4, 0.5) is 5.69 Å². The molecule has 0 spiro atoms. The number of hydrogen-bond donors (Lipinski definition) is 2. The van der Waals surface area contributed by atoms with Gasteiger partial charge in [-0.15, -0.1) is 0 Å². The Morgan fingerprint density at radius 2 is 2.00 bits per heavy atom. The van der Waals surface area contributed by atoms with E-state index < -0.39 is 5.97 Å². The van der Waals surface area contributed by atoms with Gasteiger partial charge < -0.3 is 10.4 Å². The van der Waals surface area contributed by atoms with Crippen LogP contribution in [0.2, 0.25) is 0 Å². The van der Waals surface area contributed by atoms with Gasteiger partial charge in [0, 0.05) is 22.9 Å². The second-order valence-electron chi connectivity index (χ2n) is 8.53. The molecule has 146 valence electrons. The third kappa shape index (κ3) is 3.17. The molecule has 2 saturated carbocycles. The molecule has 28 heavy (non-hydrogen) atoms. The van der Waals surface area contributed by atoms with Gasteiger partial charge in [0.25, 0.3) is 0 Å². The highest BCUT2D eigenvalue weighted by Crippen LogP contribution is 2.43. The van der Waals surface area contributed by atoms with Gasteiger partial charge in [0.05, 0.1) is 5.92 Å². The minimum absolute atomic E-state index is 0.0717. The van der Waals surface area contributed by atoms with Crippen LogP contribution in [0.3, 0.4) is 0 Å². The van der Waals surface area contributed by atoms with Gasteiger partial charge in [-0.3, -0.25) is 4.79 Å². The molecule has 3 unspecified atom stereocenters. The lowest BCUT2D eigenvalue weighted by Crippen LogP contribution is -2.31. The van der Waals surface area contributed by atoms with Gasteiger partial charge in [0.2, 0.25) is 0 Å². The number of nitrogens with zero attached hydrogens (tertiary/aromatic N) is 2. The van der Waals surface area contributed by atoms with Crippen molar-refractivity contribution in [1.29, 1.82) is 0 Å². The number of rotatable bonds is 5. The molecule has 1 aromatic carbocycles. The topological polar surface area (TPSA) is 74.0 Å². The smallest absolute Gasteiger partial charge is 0.307 e. The summed E-state index contributed by atoms with van der Waals surface area (Å²) < 4.78 is 0. The first-order valence-corrected chi connectivity index (χ1v) is 10.6. The largest absolute Gasteiger partial charge is 0.481 e. The molecule has 1 heterocycles. The fourth-order valence-electron chi connectivity index (χ4n) is 5.09. The van der Waals surface area contributed by atoms with Crippen molar-refractivity contribution < 1.29 is 9.90 Å². The minimum atomic E-state index is -0.676. The summed E-state index contributed by atoms with van der Waals surface area (Å²) in [5.41, 5.74) is 4.56. The van der Waals surface area contributed by atoms with E-state index in [0.29, 0.717) is 5.92 Å². The van der Waals surface area contributed by atoms with Gasteiger partial charge in [0.15, 0.2) is 0 Å². The lowest BCUT2D eigenvalue weighted by atomic mass is 9.70. The van der Waals surface area contributed by atoms with E-state index in [1.807, 2.05) is 6.07 Å². The number of fused-ring (bicyclic) bond motifs is 1. The summed E-state index contributed by atoms with van der Waals surface area (Å²) >= 11 is 0. The molecule has 3 atom stereocenters. The average molecular weight is 377 g/mol. The van der Waals surface area contributed by atoms with Crippen LogP contribution in [-0.4, -0.2) is 28.8 Å². The van der Waals surface area contributed by atoms with E-state index in [4.69, 9.17) is 9.98 Å². The Morgan fingerprint density at radius 1 is 1.14 bits per heavy atom. The highest BCUT2D eigenvalue weighted by Gasteiger charge is 2.37. The monoisotopic (exact) mass is 377 g/mol. The van der Waals surface area contributed by atoms with E-state index in [2.05, 4.69) is 29.6 Å². The maximum Gasteiger partial charge on any atom is 0.307 e. The average Bonchev–Trinajstić information content (AvgIpc) is 3.32. The number of anilines is 1. The van der Waals surface area contributed by atoms with Crippen LogP contribution in [-0.2, 0) is 4.79 Å². The Bertz CT molecular complexity index is 880. The van der Waals surface area contributed by atoms with Crippen LogP contribution >= 0.6 is 0 Å². The maximum absolute atomic E-state index is 11.4. The van der Waals surface area contributed by atoms with Crippen LogP contribution in [0.1, 0.15) is 62.8 Å². The number of carboxylic acids is 1. The number of allylic oxidation sites excluding steroid dienone is 1. The molecule has 2 fully saturated rings. The molecule has 2 N–H and O–H groups in total. The third-order valence-electron chi connectivity index (χ3n) is 6.81. The summed E-state index contributed by atoms with van der Waals surface area (Å²) in [4.78, 5) is 21.3. The molecule has 0 aromatic heterocycles. The number of hydrogen-bond acceptors (Lipinski definition) is 4. The SMILES string of the molecule is O=C(O)C1CCC1c1cccc(NC2N=C(C3CCCC3)N=C3CCC=C32)c1. The molecular weight excluding hydrogens is 350 g/mol. The van der Waals surface area contributed by atoms with Crippen LogP contribution in [0, 0.1) is 11.8 Å². The summed E-state index contributed by atoms with van der Waals surface area (Å²) in [6.07, 6.45) is 11.0. The summed E-state index contributed by atoms with van der Waals surface area (Å²) in [5, 5.41) is 13.0. The molecule has 5 rings (SSSR count). The highest BCUT2D eigenvalue weighted by atomic mass is 16.4. The fourth-order valence-corrected chi connectivity index (χ4v) is 5.09. The molecular formula is C23H27N3O2. The Hall–Kier alpha value is -2.43. The first-order chi connectivity index (χ1) is 13.7. The molecule has 5 nitrogen and oxygen atoms in total. The lowest BCUT2D eigenvalue weighted by molar-refractivity contribution is -0.145. The third-order valence-corrected chi connectivity index (χ3v) is 6.81. The molecule has 4 aliphatic rings. The van der Waals surface area contributed by atoms with Crippen molar-refractivity contribution in [1.82, 2.24) is 0 Å². The first kappa shape index (κ1) is 17.7. The summed E-state index contributed by atoms with van der Waals surface area (Å²) in [7, 11) is 0. The second kappa shape index (κ2) is 7.19. The van der Waals surface area contributed by atoms with Crippen molar-refractivity contribution in [2.75, 3.05) is 5.32 Å². The van der Waals surface area contributed by atoms with Crippen molar-refractivity contribution in [3.63, 3.8) is 0 Å². The molecule has 0 saturated heterocycles. The quantitative estimate of drug-likeness (QED) is 0.776. The van der Waals surface area contributed by atoms with Crippen molar-refractivity contribution in [2.24, 2.45) is 21.8 Å². The van der Waals surface area contributed by atoms with Crippen molar-refractivity contribution >= 4 is 23.2 Å². The zero-order valence-corrected chi connectivity index (χ0v) is 16.1. The number of aliphatic imine (C=N–C) groups is 2. The lowest BCUT2D eigenvalue weighted by Gasteiger charge is -2.34. The van der Waals surface area contributed by atoms with Crippen molar-refractivity contribution in [2.45, 2.75) is 63.5 Å². The number of amidine groups is 1. The summed E-state index contributed by atoms with van der Waals surface area (Å²) in [5.74, 6) is 0.755. The van der Waals surface area contributed by atoms with E-state index in [-0.39, 0.29) is 18.0 Å². The van der Waals surface area contributed by atoms with E-state index >= 15 is 0 Å². The normalized spacial score (nSPS) is 29.4. The maximum atomic E-state index is 11.4. The van der Waals surface area contributed by atoms with Crippen molar-refractivity contribution in [3.8, 4) is 0 Å². The van der Waals surface area contributed by atoms with Gasteiger partial charge in [-0.05, 0) is 62.1 Å². The van der Waals surface area contributed by atoms with Gasteiger partial charge >= 0.3 is 5.97 Å². The Morgan fingerprint density at radius 3 is 2.75 bits per heavy atom. The Labute approximate surface area is 165 Å². The number of benzene rings is 1. The molecule has 0 bridgehead atoms. The standard InChI is InChI=1S/C23H27N3O2/c27-23(28)18-12-11-17(18)15-7-3-8-16(13-15)24-22-19-9-4-10-20(19)25-21(26-22)14-5-1-2-6-14/h3,7-9,13-14,17-18,22,24H,1-2,4-6,10-12H2,(H,27,28). The number of aliphatic carboxylic acids is 1. The summed E-state index contributed by atoms with van der Waals surface area (Å²) in [6, 6.07) is 8.26. The summed E-state index contributed by atoms with van der Waals surface area (Å²) in [6.45, 7) is 0. The van der Waals surface area contributed by atoms with Gasteiger partial charge in [-0.25, -0.2) is 9.98 Å². The van der Waals surface area contributed by atoms with E-state index in [0.717, 1.165) is 42.8 Å². The van der Waals surface area contributed by atoms with E-state index in [1.165, 1.54) is 37.0 Å². The van der Waals surface area contributed by atoms with E-state index in [9.17, 15) is 9.90 Å². The van der Waals surface area contributed by atoms with Gasteiger partial charge in [-0.1, -0.05) is 31.1 Å². The number of carbonyl (C=O) groups is 1.